The Labute approximate surface area is 48.1 Å². The Morgan fingerprint density at radius 3 is 2.67 bits per heavy atom. The molecule has 0 radical (unpaired) electrons. The van der Waals surface area contributed by atoms with Gasteiger partial charge in [-0.25, -0.2) is 0 Å². The second-order valence-electron chi connectivity index (χ2n) is 0.826. The van der Waals surface area contributed by atoms with Crippen LogP contribution in [-0.2, 0) is 4.18 Å². The SMILES string of the molecule is CSCCOS. The molecule has 0 atom stereocenters. The summed E-state index contributed by atoms with van der Waals surface area (Å²) in [6.45, 7) is 0.740. The predicted octanol–water partition coefficient (Wildman–Crippen LogP) is 1.21. The van der Waals surface area contributed by atoms with E-state index in [9.17, 15) is 0 Å². The molecule has 3 heteroatoms. The summed E-state index contributed by atoms with van der Waals surface area (Å²) in [6.07, 6.45) is 2.03. The second kappa shape index (κ2) is 5.66. The minimum atomic E-state index is 0.740. The summed E-state index contributed by atoms with van der Waals surface area (Å²) in [5, 5.41) is 0. The van der Waals surface area contributed by atoms with Crippen molar-refractivity contribution in [1.82, 2.24) is 0 Å². The first-order chi connectivity index (χ1) is 2.91. The highest BCUT2D eigenvalue weighted by Crippen LogP contribution is 1.90. The quantitative estimate of drug-likeness (QED) is 0.344. The third-order valence-electron chi connectivity index (χ3n) is 0.379. The van der Waals surface area contributed by atoms with E-state index in [1.165, 1.54) is 0 Å². The molecule has 0 saturated heterocycles. The van der Waals surface area contributed by atoms with Gasteiger partial charge in [-0.15, -0.1) is 0 Å². The van der Waals surface area contributed by atoms with Crippen LogP contribution in [0.3, 0.4) is 0 Å². The highest BCUT2D eigenvalue weighted by molar-refractivity contribution is 7.98. The lowest BCUT2D eigenvalue weighted by molar-refractivity contribution is 0.415. The highest BCUT2D eigenvalue weighted by atomic mass is 32.2. The molecule has 0 saturated carbocycles. The molecular weight excluding hydrogens is 116 g/mol. The Kier molecular flexibility index (Phi) is 6.28. The Bertz CT molecular complexity index is 20.8. The molecular formula is C3H8OS2. The van der Waals surface area contributed by atoms with Gasteiger partial charge in [-0.3, -0.25) is 0 Å². The Morgan fingerprint density at radius 1 is 1.83 bits per heavy atom. The van der Waals surface area contributed by atoms with Crippen LogP contribution in [0.2, 0.25) is 0 Å². The van der Waals surface area contributed by atoms with Crippen molar-refractivity contribution in [1.29, 1.82) is 0 Å². The molecule has 0 rings (SSSR count). The van der Waals surface area contributed by atoms with Crippen LogP contribution in [0.1, 0.15) is 0 Å². The lowest BCUT2D eigenvalue weighted by atomic mass is 10.9. The van der Waals surface area contributed by atoms with Gasteiger partial charge in [0.2, 0.25) is 0 Å². The van der Waals surface area contributed by atoms with Gasteiger partial charge in [0.05, 0.1) is 6.61 Å². The van der Waals surface area contributed by atoms with Gasteiger partial charge in [-0.1, -0.05) is 0 Å². The van der Waals surface area contributed by atoms with E-state index in [2.05, 4.69) is 17.1 Å². The molecule has 38 valence electrons. The molecule has 0 heterocycles. The smallest absolute Gasteiger partial charge is 0.0701 e. The molecule has 0 bridgehead atoms. The van der Waals surface area contributed by atoms with Gasteiger partial charge >= 0.3 is 0 Å². The van der Waals surface area contributed by atoms with Crippen molar-refractivity contribution in [2.45, 2.75) is 0 Å². The van der Waals surface area contributed by atoms with E-state index in [-0.39, 0.29) is 0 Å². The van der Waals surface area contributed by atoms with E-state index in [4.69, 9.17) is 0 Å². The van der Waals surface area contributed by atoms with Crippen molar-refractivity contribution in [3.05, 3.63) is 0 Å². The number of thioether (sulfide) groups is 1. The van der Waals surface area contributed by atoms with Crippen LogP contribution in [-0.4, -0.2) is 18.6 Å². The van der Waals surface area contributed by atoms with E-state index in [1.807, 2.05) is 6.26 Å². The van der Waals surface area contributed by atoms with Crippen molar-refractivity contribution in [2.75, 3.05) is 18.6 Å². The average Bonchev–Trinajstić information content (AvgIpc) is 1.61. The molecule has 0 aromatic carbocycles. The van der Waals surface area contributed by atoms with E-state index in [0.29, 0.717) is 0 Å². The zero-order chi connectivity index (χ0) is 4.83. The summed E-state index contributed by atoms with van der Waals surface area (Å²) >= 11 is 5.29. The van der Waals surface area contributed by atoms with Crippen LogP contribution in [0, 0.1) is 0 Å². The Morgan fingerprint density at radius 2 is 2.50 bits per heavy atom. The van der Waals surface area contributed by atoms with Gasteiger partial charge in [0.15, 0.2) is 0 Å². The van der Waals surface area contributed by atoms with Crippen LogP contribution in [0.25, 0.3) is 0 Å². The van der Waals surface area contributed by atoms with Crippen molar-refractivity contribution >= 4 is 24.7 Å². The van der Waals surface area contributed by atoms with Crippen LogP contribution < -0.4 is 0 Å². The van der Waals surface area contributed by atoms with E-state index in [1.54, 1.807) is 11.8 Å². The topological polar surface area (TPSA) is 9.23 Å². The maximum absolute atomic E-state index is 4.46. The third kappa shape index (κ3) is 4.66. The fourth-order valence-corrected chi connectivity index (χ4v) is 0.585. The lowest BCUT2D eigenvalue weighted by Crippen LogP contribution is -1.84. The largest absolute Gasteiger partial charge is 0.318 e. The van der Waals surface area contributed by atoms with Crippen LogP contribution in [0.4, 0.5) is 0 Å². The minimum absolute atomic E-state index is 0.740. The van der Waals surface area contributed by atoms with Gasteiger partial charge < -0.3 is 4.18 Å². The van der Waals surface area contributed by atoms with Crippen molar-refractivity contribution in [3.63, 3.8) is 0 Å². The zero-order valence-corrected chi connectivity index (χ0v) is 5.39. The predicted molar refractivity (Wildman–Crippen MR) is 33.3 cm³/mol. The molecule has 0 aliphatic carbocycles. The fourth-order valence-electron chi connectivity index (χ4n) is 0.121. The van der Waals surface area contributed by atoms with Crippen LogP contribution in [0.5, 0.6) is 0 Å². The molecule has 0 spiro atoms. The van der Waals surface area contributed by atoms with Gasteiger partial charge in [0.1, 0.15) is 0 Å². The van der Waals surface area contributed by atoms with Gasteiger partial charge in [0.25, 0.3) is 0 Å². The molecule has 0 unspecified atom stereocenters. The summed E-state index contributed by atoms with van der Waals surface area (Å²) in [7, 11) is 0. The van der Waals surface area contributed by atoms with E-state index in [0.717, 1.165) is 12.4 Å². The average molecular weight is 124 g/mol. The number of rotatable bonds is 3. The standard InChI is InChI=1S/C3H8OS2/c1-6-3-2-4-5/h5H,2-3H2,1H3. The maximum Gasteiger partial charge on any atom is 0.0701 e. The molecule has 0 fully saturated rings. The molecule has 0 N–H and O–H groups in total. The van der Waals surface area contributed by atoms with Gasteiger partial charge in [0, 0.05) is 5.75 Å². The summed E-state index contributed by atoms with van der Waals surface area (Å²) in [4.78, 5) is 0. The normalized spacial score (nSPS) is 9.00. The van der Waals surface area contributed by atoms with Crippen LogP contribution >= 0.6 is 24.7 Å². The Hall–Kier alpha value is 0.660. The summed E-state index contributed by atoms with van der Waals surface area (Å²) < 4.78 is 4.46. The van der Waals surface area contributed by atoms with Gasteiger partial charge in [-0.05, 0) is 19.2 Å². The monoisotopic (exact) mass is 124 g/mol. The molecule has 0 aromatic heterocycles. The summed E-state index contributed by atoms with van der Waals surface area (Å²) in [5.41, 5.74) is 0. The molecule has 6 heavy (non-hydrogen) atoms. The second-order valence-corrected chi connectivity index (χ2v) is 2.07. The first-order valence-electron chi connectivity index (χ1n) is 1.67. The highest BCUT2D eigenvalue weighted by Gasteiger charge is 1.75. The van der Waals surface area contributed by atoms with E-state index < -0.39 is 0 Å². The first-order valence-corrected chi connectivity index (χ1v) is 3.43. The lowest BCUT2D eigenvalue weighted by Gasteiger charge is -1.87. The van der Waals surface area contributed by atoms with Crippen molar-refractivity contribution in [2.24, 2.45) is 0 Å². The summed E-state index contributed by atoms with van der Waals surface area (Å²) in [5.74, 6) is 1.03. The van der Waals surface area contributed by atoms with Crippen LogP contribution in [0.15, 0.2) is 0 Å². The molecule has 1 nitrogen and oxygen atoms in total. The Balaban J connectivity index is 2.34. The molecule has 0 aliphatic rings. The molecule has 0 aromatic rings. The zero-order valence-electron chi connectivity index (χ0n) is 3.68. The van der Waals surface area contributed by atoms with Crippen molar-refractivity contribution in [3.8, 4) is 0 Å². The number of thiol groups is 1. The van der Waals surface area contributed by atoms with E-state index >= 15 is 0 Å². The molecule has 0 amide bonds. The number of hydrogen-bond acceptors (Lipinski definition) is 3. The molecule has 0 aliphatic heterocycles. The number of hydrogen-bond donors (Lipinski definition) is 1. The van der Waals surface area contributed by atoms with Gasteiger partial charge in [-0.2, -0.15) is 11.8 Å². The summed E-state index contributed by atoms with van der Waals surface area (Å²) in [6, 6.07) is 0. The first kappa shape index (κ1) is 6.66. The minimum Gasteiger partial charge on any atom is -0.318 e. The fraction of sp³-hybridized carbons (Fsp3) is 1.00. The third-order valence-corrected chi connectivity index (χ3v) is 1.14. The van der Waals surface area contributed by atoms with Crippen molar-refractivity contribution < 1.29 is 4.18 Å². The maximum atomic E-state index is 4.46.